The van der Waals surface area contributed by atoms with Crippen molar-refractivity contribution in [3.8, 4) is 0 Å². The summed E-state index contributed by atoms with van der Waals surface area (Å²) in [7, 11) is 1.74. The molecule has 8 heteroatoms. The molecule has 2 aromatic rings. The minimum atomic E-state index is -4.37. The third kappa shape index (κ3) is 4.90. The summed E-state index contributed by atoms with van der Waals surface area (Å²) in [5.74, 6) is 0.221. The summed E-state index contributed by atoms with van der Waals surface area (Å²) in [6, 6.07) is 4.94. The van der Waals surface area contributed by atoms with Crippen molar-refractivity contribution in [2.45, 2.75) is 69.7 Å². The van der Waals surface area contributed by atoms with Gasteiger partial charge in [0.2, 0.25) is 0 Å². The number of methoxy groups -OCH3 is 1. The number of anilines is 1. The van der Waals surface area contributed by atoms with Crippen molar-refractivity contribution < 1.29 is 22.3 Å². The van der Waals surface area contributed by atoms with Crippen molar-refractivity contribution in [2.24, 2.45) is 5.92 Å². The van der Waals surface area contributed by atoms with E-state index in [4.69, 9.17) is 4.74 Å². The summed E-state index contributed by atoms with van der Waals surface area (Å²) in [4.78, 5) is 10.3. The van der Waals surface area contributed by atoms with Gasteiger partial charge in [0.1, 0.15) is 6.33 Å². The molecule has 32 heavy (non-hydrogen) atoms. The summed E-state index contributed by atoms with van der Waals surface area (Å²) in [5, 5.41) is 0. The number of ether oxygens (including phenoxy) is 1. The van der Waals surface area contributed by atoms with Crippen molar-refractivity contribution in [1.29, 1.82) is 0 Å². The highest BCUT2D eigenvalue weighted by molar-refractivity contribution is 5.46. The van der Waals surface area contributed by atoms with E-state index in [1.807, 2.05) is 4.90 Å². The highest BCUT2D eigenvalue weighted by atomic mass is 19.4. The number of benzene rings is 1. The molecule has 1 aliphatic heterocycles. The Bertz CT molecular complexity index is 903. The second-order valence-electron chi connectivity index (χ2n) is 8.79. The highest BCUT2D eigenvalue weighted by Gasteiger charge is 2.33. The number of aromatic nitrogens is 2. The van der Waals surface area contributed by atoms with Gasteiger partial charge in [-0.3, -0.25) is 0 Å². The molecule has 1 aromatic carbocycles. The molecule has 2 fully saturated rings. The Morgan fingerprint density at radius 2 is 1.78 bits per heavy atom. The van der Waals surface area contributed by atoms with Crippen molar-refractivity contribution in [3.63, 3.8) is 0 Å². The molecule has 1 aliphatic carbocycles. The molecule has 0 radical (unpaired) electrons. The number of aryl methyl sites for hydroxylation is 1. The monoisotopic (exact) mass is 451 g/mol. The third-order valence-electron chi connectivity index (χ3n) is 6.88. The molecular weight excluding hydrogens is 422 g/mol. The molecule has 2 heterocycles. The lowest BCUT2D eigenvalue weighted by molar-refractivity contribution is -0.137. The molecule has 0 N–H and O–H groups in total. The van der Waals surface area contributed by atoms with Gasteiger partial charge < -0.3 is 9.64 Å². The van der Waals surface area contributed by atoms with Gasteiger partial charge in [-0.25, -0.2) is 14.4 Å². The van der Waals surface area contributed by atoms with Gasteiger partial charge in [-0.15, -0.1) is 0 Å². The fourth-order valence-electron chi connectivity index (χ4n) is 5.17. The first-order valence-corrected chi connectivity index (χ1v) is 11.3. The van der Waals surface area contributed by atoms with Crippen LogP contribution in [0.1, 0.15) is 67.8 Å². The summed E-state index contributed by atoms with van der Waals surface area (Å²) in [5.41, 5.74) is 0.451. The minimum absolute atomic E-state index is 0.203. The van der Waals surface area contributed by atoms with E-state index in [1.54, 1.807) is 7.11 Å². The van der Waals surface area contributed by atoms with E-state index in [0.717, 1.165) is 49.8 Å². The molecule has 1 aromatic heterocycles. The molecule has 174 valence electrons. The van der Waals surface area contributed by atoms with E-state index in [-0.39, 0.29) is 18.0 Å². The number of rotatable bonds is 6. The van der Waals surface area contributed by atoms with E-state index in [9.17, 15) is 13.2 Å². The van der Waals surface area contributed by atoms with Gasteiger partial charge in [0.05, 0.1) is 23.4 Å². The maximum Gasteiger partial charge on any atom is 0.416 e. The summed E-state index contributed by atoms with van der Waals surface area (Å²) < 4.78 is 59.7. The van der Waals surface area contributed by atoms with Gasteiger partial charge >= 0.3 is 6.18 Å². The fourth-order valence-corrected chi connectivity index (χ4v) is 5.17. The number of halogens is 4. The van der Waals surface area contributed by atoms with Crippen LogP contribution in [0.4, 0.5) is 23.4 Å². The molecule has 4 nitrogen and oxygen atoms in total. The second kappa shape index (κ2) is 9.73. The first-order chi connectivity index (χ1) is 15.4. The van der Waals surface area contributed by atoms with Crippen molar-refractivity contribution >= 4 is 5.82 Å². The van der Waals surface area contributed by atoms with Crippen LogP contribution in [0.25, 0.3) is 0 Å². The minimum Gasteiger partial charge on any atom is -0.381 e. The van der Waals surface area contributed by atoms with Gasteiger partial charge in [0.25, 0.3) is 0 Å². The SMILES string of the molecule is COC1CCCCC1CCc1ncnc(N2CCC[C@@H]2c2ccc(C(F)(F)F)cc2)c1F. The molecule has 0 amide bonds. The van der Waals surface area contributed by atoms with Crippen LogP contribution in [0, 0.1) is 11.7 Å². The maximum absolute atomic E-state index is 15.4. The predicted molar refractivity (Wildman–Crippen MR) is 114 cm³/mol. The first kappa shape index (κ1) is 23.0. The second-order valence-corrected chi connectivity index (χ2v) is 8.79. The zero-order chi connectivity index (χ0) is 22.7. The van der Waals surface area contributed by atoms with Crippen LogP contribution in [0.2, 0.25) is 0 Å². The van der Waals surface area contributed by atoms with Crippen molar-refractivity contribution in [1.82, 2.24) is 9.97 Å². The van der Waals surface area contributed by atoms with Crippen LogP contribution < -0.4 is 4.90 Å². The molecule has 0 spiro atoms. The Balaban J connectivity index is 1.50. The van der Waals surface area contributed by atoms with Gasteiger partial charge in [0.15, 0.2) is 11.6 Å². The lowest BCUT2D eigenvalue weighted by Gasteiger charge is -2.30. The van der Waals surface area contributed by atoms with E-state index < -0.39 is 17.6 Å². The largest absolute Gasteiger partial charge is 0.416 e. The quantitative estimate of drug-likeness (QED) is 0.497. The fraction of sp³-hybridized carbons (Fsp3) is 0.583. The summed E-state index contributed by atoms with van der Waals surface area (Å²) in [6.07, 6.45) is 4.60. The van der Waals surface area contributed by atoms with E-state index in [2.05, 4.69) is 9.97 Å². The molecule has 1 saturated heterocycles. The molecule has 2 unspecified atom stereocenters. The number of alkyl halides is 3. The van der Waals surface area contributed by atoms with Crippen LogP contribution in [0.3, 0.4) is 0 Å². The van der Waals surface area contributed by atoms with E-state index in [0.29, 0.717) is 24.6 Å². The first-order valence-electron chi connectivity index (χ1n) is 11.3. The highest BCUT2D eigenvalue weighted by Crippen LogP contribution is 2.38. The van der Waals surface area contributed by atoms with Crippen molar-refractivity contribution in [3.05, 3.63) is 53.2 Å². The average molecular weight is 452 g/mol. The van der Waals surface area contributed by atoms with Gasteiger partial charge in [-0.2, -0.15) is 13.2 Å². The normalized spacial score (nSPS) is 24.2. The van der Waals surface area contributed by atoms with Crippen LogP contribution in [-0.4, -0.2) is 29.7 Å². The Hall–Kier alpha value is -2.22. The molecule has 4 rings (SSSR count). The molecule has 2 aliphatic rings. The zero-order valence-corrected chi connectivity index (χ0v) is 18.2. The molecule has 0 bridgehead atoms. The average Bonchev–Trinajstić information content (AvgIpc) is 3.28. The van der Waals surface area contributed by atoms with Crippen molar-refractivity contribution in [2.75, 3.05) is 18.6 Å². The van der Waals surface area contributed by atoms with Crippen LogP contribution in [0.5, 0.6) is 0 Å². The zero-order valence-electron chi connectivity index (χ0n) is 18.2. The summed E-state index contributed by atoms with van der Waals surface area (Å²) >= 11 is 0. The molecule has 1 saturated carbocycles. The van der Waals surface area contributed by atoms with E-state index >= 15 is 4.39 Å². The lowest BCUT2D eigenvalue weighted by atomic mass is 9.83. The van der Waals surface area contributed by atoms with Crippen LogP contribution >= 0.6 is 0 Å². The van der Waals surface area contributed by atoms with Crippen LogP contribution in [-0.2, 0) is 17.3 Å². The number of hydrogen-bond donors (Lipinski definition) is 0. The van der Waals surface area contributed by atoms with E-state index in [1.165, 1.54) is 31.3 Å². The topological polar surface area (TPSA) is 38.3 Å². The summed E-state index contributed by atoms with van der Waals surface area (Å²) in [6.45, 7) is 0.605. The Morgan fingerprint density at radius 1 is 1.03 bits per heavy atom. The third-order valence-corrected chi connectivity index (χ3v) is 6.88. The Morgan fingerprint density at radius 3 is 2.50 bits per heavy atom. The predicted octanol–water partition coefficient (Wildman–Crippen LogP) is 6.11. The van der Waals surface area contributed by atoms with Gasteiger partial charge in [-0.05, 0) is 62.1 Å². The smallest absolute Gasteiger partial charge is 0.381 e. The van der Waals surface area contributed by atoms with Gasteiger partial charge in [-0.1, -0.05) is 25.0 Å². The van der Waals surface area contributed by atoms with Crippen LogP contribution in [0.15, 0.2) is 30.6 Å². The number of nitrogens with zero attached hydrogens (tertiary/aromatic N) is 3. The lowest BCUT2D eigenvalue weighted by Crippen LogP contribution is -2.27. The molecular formula is C24H29F4N3O. The Labute approximate surface area is 186 Å². The van der Waals surface area contributed by atoms with Gasteiger partial charge in [0, 0.05) is 13.7 Å². The molecule has 3 atom stereocenters. The standard InChI is InChI=1S/C24H29F4N3O/c1-32-21-7-3-2-5-17(21)10-13-19-22(25)23(30-15-29-19)31-14-4-6-20(31)16-8-11-18(12-9-16)24(26,27)28/h8-9,11-12,15,17,20-21H,2-7,10,13-14H2,1H3/t17?,20-,21?/m1/s1. The number of hydrogen-bond acceptors (Lipinski definition) is 4. The Kier molecular flexibility index (Phi) is 6.98. The maximum atomic E-state index is 15.4.